The molecule has 0 fully saturated rings. The Bertz CT molecular complexity index is 809. The van der Waals surface area contributed by atoms with Crippen molar-refractivity contribution in [3.05, 3.63) is 65.6 Å². The zero-order chi connectivity index (χ0) is 15.5. The summed E-state index contributed by atoms with van der Waals surface area (Å²) in [6, 6.07) is 11.4. The van der Waals surface area contributed by atoms with Crippen LogP contribution in [0.1, 0.15) is 21.6 Å². The first-order chi connectivity index (χ1) is 10.6. The smallest absolute Gasteiger partial charge is 0.273 e. The number of anilines is 1. The van der Waals surface area contributed by atoms with E-state index in [-0.39, 0.29) is 5.91 Å². The number of pyridine rings is 1. The number of hydrogen-bond donors (Lipinski definition) is 2. The third kappa shape index (κ3) is 2.88. The van der Waals surface area contributed by atoms with Gasteiger partial charge in [-0.2, -0.15) is 5.10 Å². The molecule has 3 aromatic rings. The van der Waals surface area contributed by atoms with Gasteiger partial charge in [0.1, 0.15) is 5.69 Å². The van der Waals surface area contributed by atoms with Gasteiger partial charge in [0.15, 0.2) is 0 Å². The van der Waals surface area contributed by atoms with E-state index in [2.05, 4.69) is 20.5 Å². The van der Waals surface area contributed by atoms with Crippen LogP contribution >= 0.6 is 0 Å². The van der Waals surface area contributed by atoms with Crippen molar-refractivity contribution in [1.29, 1.82) is 0 Å². The highest BCUT2D eigenvalue weighted by molar-refractivity contribution is 6.03. The molecule has 110 valence electrons. The number of carbonyl (C=O) groups is 1. The Morgan fingerprint density at radius 2 is 2.05 bits per heavy atom. The average molecular weight is 292 g/mol. The van der Waals surface area contributed by atoms with Crippen molar-refractivity contribution in [3.8, 4) is 11.3 Å². The van der Waals surface area contributed by atoms with Gasteiger partial charge in [-0.1, -0.05) is 12.1 Å². The molecule has 0 aliphatic heterocycles. The number of aryl methyl sites for hydroxylation is 2. The monoisotopic (exact) mass is 292 g/mol. The van der Waals surface area contributed by atoms with E-state index in [0.717, 1.165) is 22.4 Å². The van der Waals surface area contributed by atoms with Crippen molar-refractivity contribution in [1.82, 2.24) is 15.2 Å². The van der Waals surface area contributed by atoms with E-state index in [1.807, 2.05) is 44.2 Å². The largest absolute Gasteiger partial charge is 0.320 e. The summed E-state index contributed by atoms with van der Waals surface area (Å²) >= 11 is 0. The van der Waals surface area contributed by atoms with Crippen LogP contribution in [0, 0.1) is 13.8 Å². The van der Waals surface area contributed by atoms with Crippen molar-refractivity contribution in [2.45, 2.75) is 13.8 Å². The molecule has 5 nitrogen and oxygen atoms in total. The first kappa shape index (κ1) is 14.0. The minimum absolute atomic E-state index is 0.212. The Balaban J connectivity index is 1.81. The second-order valence-electron chi connectivity index (χ2n) is 5.18. The van der Waals surface area contributed by atoms with E-state index in [4.69, 9.17) is 0 Å². The Kier molecular flexibility index (Phi) is 3.70. The lowest BCUT2D eigenvalue weighted by atomic mass is 10.1. The number of benzene rings is 1. The van der Waals surface area contributed by atoms with Gasteiger partial charge in [0.25, 0.3) is 5.91 Å². The van der Waals surface area contributed by atoms with Crippen LogP contribution in [-0.4, -0.2) is 21.1 Å². The molecule has 0 aliphatic carbocycles. The molecule has 0 saturated carbocycles. The topological polar surface area (TPSA) is 70.7 Å². The molecule has 5 heteroatoms. The number of carbonyl (C=O) groups excluding carboxylic acids is 1. The van der Waals surface area contributed by atoms with Crippen LogP contribution in [-0.2, 0) is 0 Å². The summed E-state index contributed by atoms with van der Waals surface area (Å²) in [5, 5.41) is 9.84. The van der Waals surface area contributed by atoms with Gasteiger partial charge in [-0.05, 0) is 49.2 Å². The first-order valence-corrected chi connectivity index (χ1v) is 6.98. The number of amides is 1. The summed E-state index contributed by atoms with van der Waals surface area (Å²) < 4.78 is 0. The van der Waals surface area contributed by atoms with Gasteiger partial charge < -0.3 is 5.32 Å². The number of rotatable bonds is 3. The number of nitrogens with zero attached hydrogens (tertiary/aromatic N) is 2. The molecule has 22 heavy (non-hydrogen) atoms. The average Bonchev–Trinajstić information content (AvgIpc) is 3.02. The number of aromatic nitrogens is 3. The Morgan fingerprint density at radius 1 is 1.18 bits per heavy atom. The van der Waals surface area contributed by atoms with Crippen molar-refractivity contribution >= 4 is 11.6 Å². The fraction of sp³-hybridized carbons (Fsp3) is 0.118. The van der Waals surface area contributed by atoms with Crippen LogP contribution in [0.3, 0.4) is 0 Å². The Hall–Kier alpha value is -2.95. The molecule has 1 aromatic carbocycles. The lowest BCUT2D eigenvalue weighted by Gasteiger charge is -2.08. The van der Waals surface area contributed by atoms with Crippen LogP contribution in [0.5, 0.6) is 0 Å². The predicted molar refractivity (Wildman–Crippen MR) is 85.7 cm³/mol. The van der Waals surface area contributed by atoms with Crippen molar-refractivity contribution in [2.24, 2.45) is 0 Å². The zero-order valence-corrected chi connectivity index (χ0v) is 12.4. The summed E-state index contributed by atoms with van der Waals surface area (Å²) in [5.74, 6) is -0.212. The van der Waals surface area contributed by atoms with E-state index < -0.39 is 0 Å². The molecular formula is C17H16N4O. The summed E-state index contributed by atoms with van der Waals surface area (Å²) in [4.78, 5) is 16.4. The van der Waals surface area contributed by atoms with Crippen LogP contribution in [0.15, 0.2) is 48.8 Å². The molecule has 3 rings (SSSR count). The van der Waals surface area contributed by atoms with Crippen LogP contribution < -0.4 is 5.32 Å². The molecule has 0 unspecified atom stereocenters. The van der Waals surface area contributed by atoms with Crippen molar-refractivity contribution in [3.63, 3.8) is 0 Å². The second-order valence-corrected chi connectivity index (χ2v) is 5.18. The number of aromatic amines is 1. The number of hydrogen-bond acceptors (Lipinski definition) is 3. The molecule has 1 amide bonds. The van der Waals surface area contributed by atoms with E-state index in [1.54, 1.807) is 18.5 Å². The van der Waals surface area contributed by atoms with Gasteiger partial charge in [-0.25, -0.2) is 0 Å². The third-order valence-corrected chi connectivity index (χ3v) is 3.42. The van der Waals surface area contributed by atoms with Crippen molar-refractivity contribution in [2.75, 3.05) is 5.32 Å². The fourth-order valence-corrected chi connectivity index (χ4v) is 2.16. The predicted octanol–water partition coefficient (Wildman–Crippen LogP) is 3.34. The fourth-order valence-electron chi connectivity index (χ4n) is 2.16. The third-order valence-electron chi connectivity index (χ3n) is 3.42. The van der Waals surface area contributed by atoms with Gasteiger partial charge in [0, 0.05) is 23.6 Å². The van der Waals surface area contributed by atoms with Crippen LogP contribution in [0.25, 0.3) is 11.3 Å². The first-order valence-electron chi connectivity index (χ1n) is 6.98. The standard InChI is InChI=1S/C17H16N4O/c1-11-5-6-12(2)14(8-11)19-17(22)16-9-15(20-21-16)13-4-3-7-18-10-13/h3-10H,1-2H3,(H,19,22)(H,20,21). The zero-order valence-electron chi connectivity index (χ0n) is 12.4. The van der Waals surface area contributed by atoms with Gasteiger partial charge in [-0.15, -0.1) is 0 Å². The van der Waals surface area contributed by atoms with Crippen LogP contribution in [0.4, 0.5) is 5.69 Å². The highest BCUT2D eigenvalue weighted by Crippen LogP contribution is 2.19. The number of nitrogens with one attached hydrogen (secondary N) is 2. The van der Waals surface area contributed by atoms with Crippen molar-refractivity contribution < 1.29 is 4.79 Å². The Morgan fingerprint density at radius 3 is 2.82 bits per heavy atom. The molecule has 2 heterocycles. The molecule has 0 bridgehead atoms. The lowest BCUT2D eigenvalue weighted by Crippen LogP contribution is -2.13. The summed E-state index contributed by atoms with van der Waals surface area (Å²) in [6.45, 7) is 3.95. The highest BCUT2D eigenvalue weighted by Gasteiger charge is 2.12. The molecule has 2 aromatic heterocycles. The second kappa shape index (κ2) is 5.81. The van der Waals surface area contributed by atoms with Gasteiger partial charge in [-0.3, -0.25) is 14.9 Å². The number of H-pyrrole nitrogens is 1. The van der Waals surface area contributed by atoms with E-state index in [0.29, 0.717) is 11.4 Å². The van der Waals surface area contributed by atoms with Gasteiger partial charge in [0.05, 0.1) is 5.69 Å². The molecule has 0 spiro atoms. The lowest BCUT2D eigenvalue weighted by molar-refractivity contribution is 0.102. The molecule has 0 atom stereocenters. The molecule has 0 aliphatic rings. The summed E-state index contributed by atoms with van der Waals surface area (Å²) in [7, 11) is 0. The molecule has 2 N–H and O–H groups in total. The quantitative estimate of drug-likeness (QED) is 0.777. The maximum Gasteiger partial charge on any atom is 0.273 e. The normalized spacial score (nSPS) is 10.5. The molecular weight excluding hydrogens is 276 g/mol. The summed E-state index contributed by atoms with van der Waals surface area (Å²) in [5.41, 5.74) is 4.90. The molecule has 0 saturated heterocycles. The minimum Gasteiger partial charge on any atom is -0.320 e. The molecule has 0 radical (unpaired) electrons. The maximum absolute atomic E-state index is 12.3. The van der Waals surface area contributed by atoms with E-state index in [1.165, 1.54) is 0 Å². The summed E-state index contributed by atoms with van der Waals surface area (Å²) in [6.07, 6.45) is 3.41. The van der Waals surface area contributed by atoms with Gasteiger partial charge in [0.2, 0.25) is 0 Å². The van der Waals surface area contributed by atoms with Gasteiger partial charge >= 0.3 is 0 Å². The van der Waals surface area contributed by atoms with Crippen LogP contribution in [0.2, 0.25) is 0 Å². The van der Waals surface area contributed by atoms with E-state index >= 15 is 0 Å². The minimum atomic E-state index is -0.212. The SMILES string of the molecule is Cc1ccc(C)c(NC(=O)c2cc(-c3cccnc3)n[nH]2)c1. The van der Waals surface area contributed by atoms with E-state index in [9.17, 15) is 4.79 Å². The highest BCUT2D eigenvalue weighted by atomic mass is 16.1. The Labute approximate surface area is 128 Å². The maximum atomic E-state index is 12.3.